The molecule has 1 unspecified atom stereocenters. The summed E-state index contributed by atoms with van der Waals surface area (Å²) in [6.45, 7) is 10.5. The van der Waals surface area contributed by atoms with E-state index < -0.39 is 6.10 Å². The standard InChI is InChI=1S/C19H24O/c1-12-6-8-17(9-7-12)11-18(20)19-15(4)13(2)10-14(3)16(19)5/h6-10,18,20H,11H2,1-5H3. The molecule has 0 radical (unpaired) electrons. The summed E-state index contributed by atoms with van der Waals surface area (Å²) >= 11 is 0. The largest absolute Gasteiger partial charge is 0.388 e. The summed E-state index contributed by atoms with van der Waals surface area (Å²) in [5.74, 6) is 0. The van der Waals surface area contributed by atoms with Crippen LogP contribution in [0.1, 0.15) is 45.0 Å². The smallest absolute Gasteiger partial charge is 0.0835 e. The van der Waals surface area contributed by atoms with Crippen molar-refractivity contribution in [2.75, 3.05) is 0 Å². The van der Waals surface area contributed by atoms with Crippen molar-refractivity contribution in [2.24, 2.45) is 0 Å². The molecule has 0 aliphatic heterocycles. The second-order valence-electron chi connectivity index (χ2n) is 5.88. The SMILES string of the molecule is Cc1ccc(CC(O)c2c(C)c(C)cc(C)c2C)cc1. The first-order chi connectivity index (χ1) is 9.40. The summed E-state index contributed by atoms with van der Waals surface area (Å²) in [5, 5.41) is 10.7. The molecular formula is C19H24O. The fourth-order valence-corrected chi connectivity index (χ4v) is 2.80. The lowest BCUT2D eigenvalue weighted by molar-refractivity contribution is 0.177. The van der Waals surface area contributed by atoms with E-state index in [9.17, 15) is 5.11 Å². The highest BCUT2D eigenvalue weighted by Crippen LogP contribution is 2.29. The van der Waals surface area contributed by atoms with E-state index in [1.165, 1.54) is 33.4 Å². The van der Waals surface area contributed by atoms with Gasteiger partial charge in [-0.15, -0.1) is 0 Å². The molecule has 0 saturated carbocycles. The van der Waals surface area contributed by atoms with Crippen LogP contribution in [0.25, 0.3) is 0 Å². The maximum absolute atomic E-state index is 10.7. The van der Waals surface area contributed by atoms with Crippen molar-refractivity contribution in [3.05, 3.63) is 69.3 Å². The second kappa shape index (κ2) is 5.80. The van der Waals surface area contributed by atoms with Gasteiger partial charge in [0.15, 0.2) is 0 Å². The zero-order chi connectivity index (χ0) is 14.9. The number of aliphatic hydroxyl groups is 1. The molecule has 0 bridgehead atoms. The number of aliphatic hydroxyl groups excluding tert-OH is 1. The van der Waals surface area contributed by atoms with E-state index in [2.05, 4.69) is 65.0 Å². The van der Waals surface area contributed by atoms with Crippen LogP contribution in [0.4, 0.5) is 0 Å². The molecule has 1 nitrogen and oxygen atoms in total. The molecule has 0 aromatic heterocycles. The van der Waals surface area contributed by atoms with Gasteiger partial charge in [0.2, 0.25) is 0 Å². The minimum atomic E-state index is -0.434. The predicted octanol–water partition coefficient (Wildman–Crippen LogP) is 4.50. The third-order valence-electron chi connectivity index (χ3n) is 4.31. The summed E-state index contributed by atoms with van der Waals surface area (Å²) < 4.78 is 0. The van der Waals surface area contributed by atoms with Crippen molar-refractivity contribution in [1.82, 2.24) is 0 Å². The van der Waals surface area contributed by atoms with E-state index in [1.807, 2.05) is 0 Å². The third kappa shape index (κ3) is 2.94. The van der Waals surface area contributed by atoms with E-state index >= 15 is 0 Å². The van der Waals surface area contributed by atoms with Gasteiger partial charge in [-0.1, -0.05) is 35.9 Å². The molecule has 0 heterocycles. The molecule has 0 aliphatic carbocycles. The maximum atomic E-state index is 10.7. The van der Waals surface area contributed by atoms with Gasteiger partial charge in [0.05, 0.1) is 6.10 Å². The first kappa shape index (κ1) is 14.8. The Morgan fingerprint density at radius 3 is 1.85 bits per heavy atom. The van der Waals surface area contributed by atoms with E-state index in [4.69, 9.17) is 0 Å². The summed E-state index contributed by atoms with van der Waals surface area (Å²) in [4.78, 5) is 0. The lowest BCUT2D eigenvalue weighted by Gasteiger charge is -2.20. The second-order valence-corrected chi connectivity index (χ2v) is 5.88. The number of aryl methyl sites for hydroxylation is 3. The van der Waals surface area contributed by atoms with Crippen LogP contribution in [0, 0.1) is 34.6 Å². The lowest BCUT2D eigenvalue weighted by Crippen LogP contribution is -2.08. The van der Waals surface area contributed by atoms with E-state index in [0.717, 1.165) is 5.56 Å². The Morgan fingerprint density at radius 1 is 0.850 bits per heavy atom. The van der Waals surface area contributed by atoms with Crippen molar-refractivity contribution in [3.63, 3.8) is 0 Å². The van der Waals surface area contributed by atoms with Crippen LogP contribution in [0.15, 0.2) is 30.3 Å². The molecule has 2 aromatic rings. The zero-order valence-corrected chi connectivity index (χ0v) is 13.1. The normalized spacial score (nSPS) is 12.5. The molecule has 106 valence electrons. The lowest BCUT2D eigenvalue weighted by atomic mass is 9.88. The highest BCUT2D eigenvalue weighted by molar-refractivity contribution is 5.45. The molecule has 20 heavy (non-hydrogen) atoms. The van der Waals surface area contributed by atoms with Crippen molar-refractivity contribution in [3.8, 4) is 0 Å². The molecular weight excluding hydrogens is 244 g/mol. The summed E-state index contributed by atoms with van der Waals surface area (Å²) in [6.07, 6.45) is 0.238. The Hall–Kier alpha value is -1.60. The first-order valence-corrected chi connectivity index (χ1v) is 7.21. The average molecular weight is 268 g/mol. The van der Waals surface area contributed by atoms with E-state index in [1.54, 1.807) is 0 Å². The topological polar surface area (TPSA) is 20.2 Å². The van der Waals surface area contributed by atoms with Gasteiger partial charge in [-0.2, -0.15) is 0 Å². The van der Waals surface area contributed by atoms with Crippen LogP contribution in [0.3, 0.4) is 0 Å². The summed E-state index contributed by atoms with van der Waals surface area (Å²) in [5.41, 5.74) is 8.48. The number of benzene rings is 2. The number of rotatable bonds is 3. The van der Waals surface area contributed by atoms with Gasteiger partial charge < -0.3 is 5.11 Å². The molecule has 0 spiro atoms. The monoisotopic (exact) mass is 268 g/mol. The highest BCUT2D eigenvalue weighted by Gasteiger charge is 2.16. The Balaban J connectivity index is 2.34. The molecule has 2 rings (SSSR count). The maximum Gasteiger partial charge on any atom is 0.0835 e. The molecule has 0 saturated heterocycles. The average Bonchev–Trinajstić information content (AvgIpc) is 2.39. The minimum Gasteiger partial charge on any atom is -0.388 e. The number of hydrogen-bond donors (Lipinski definition) is 1. The molecule has 1 N–H and O–H groups in total. The quantitative estimate of drug-likeness (QED) is 0.868. The van der Waals surface area contributed by atoms with Crippen LogP contribution in [0.2, 0.25) is 0 Å². The summed E-state index contributed by atoms with van der Waals surface area (Å²) in [7, 11) is 0. The van der Waals surface area contributed by atoms with E-state index in [0.29, 0.717) is 6.42 Å². The van der Waals surface area contributed by atoms with Gasteiger partial charge in [-0.05, 0) is 68.0 Å². The van der Waals surface area contributed by atoms with Gasteiger partial charge in [-0.25, -0.2) is 0 Å². The van der Waals surface area contributed by atoms with Crippen molar-refractivity contribution in [2.45, 2.75) is 47.1 Å². The van der Waals surface area contributed by atoms with Crippen LogP contribution in [-0.2, 0) is 6.42 Å². The van der Waals surface area contributed by atoms with Crippen molar-refractivity contribution < 1.29 is 5.11 Å². The molecule has 0 fully saturated rings. The van der Waals surface area contributed by atoms with Gasteiger partial charge in [0.25, 0.3) is 0 Å². The Labute approximate surface area is 122 Å². The van der Waals surface area contributed by atoms with Crippen LogP contribution >= 0.6 is 0 Å². The fourth-order valence-electron chi connectivity index (χ4n) is 2.80. The van der Waals surface area contributed by atoms with E-state index in [-0.39, 0.29) is 0 Å². The van der Waals surface area contributed by atoms with Crippen LogP contribution < -0.4 is 0 Å². The Bertz CT molecular complexity index is 582. The fraction of sp³-hybridized carbons (Fsp3) is 0.368. The van der Waals surface area contributed by atoms with Crippen LogP contribution in [0.5, 0.6) is 0 Å². The molecule has 1 heteroatoms. The first-order valence-electron chi connectivity index (χ1n) is 7.21. The molecule has 0 aliphatic rings. The summed E-state index contributed by atoms with van der Waals surface area (Å²) in [6, 6.07) is 10.6. The molecule has 0 amide bonds. The Kier molecular flexibility index (Phi) is 4.29. The highest BCUT2D eigenvalue weighted by atomic mass is 16.3. The van der Waals surface area contributed by atoms with Crippen molar-refractivity contribution >= 4 is 0 Å². The van der Waals surface area contributed by atoms with Crippen LogP contribution in [-0.4, -0.2) is 5.11 Å². The molecule has 1 atom stereocenters. The van der Waals surface area contributed by atoms with Gasteiger partial charge >= 0.3 is 0 Å². The predicted molar refractivity (Wildman–Crippen MR) is 85.2 cm³/mol. The van der Waals surface area contributed by atoms with Gasteiger partial charge in [0, 0.05) is 6.42 Å². The van der Waals surface area contributed by atoms with Gasteiger partial charge in [-0.3, -0.25) is 0 Å². The molecule has 2 aromatic carbocycles. The van der Waals surface area contributed by atoms with Gasteiger partial charge in [0.1, 0.15) is 0 Å². The zero-order valence-electron chi connectivity index (χ0n) is 13.1. The van der Waals surface area contributed by atoms with Crippen molar-refractivity contribution in [1.29, 1.82) is 0 Å². The third-order valence-corrected chi connectivity index (χ3v) is 4.31. The number of hydrogen-bond acceptors (Lipinski definition) is 1. The minimum absolute atomic E-state index is 0.434. The Morgan fingerprint density at radius 2 is 1.35 bits per heavy atom.